The van der Waals surface area contributed by atoms with Crippen LogP contribution in [-0.4, -0.2) is 74.0 Å². The fraction of sp³-hybridized carbons (Fsp3) is 0.414. The highest BCUT2D eigenvalue weighted by Crippen LogP contribution is 2.28. The molecular formula is C29H34N6O6. The first-order valence-electron chi connectivity index (χ1n) is 13.2. The largest absolute Gasteiger partial charge is 0.449 e. The van der Waals surface area contributed by atoms with Gasteiger partial charge in [-0.2, -0.15) is 5.26 Å². The Morgan fingerprint density at radius 3 is 2.76 bits per heavy atom. The van der Waals surface area contributed by atoms with Crippen LogP contribution in [0.5, 0.6) is 0 Å². The second kappa shape index (κ2) is 13.8. The molecule has 1 unspecified atom stereocenters. The number of ether oxygens (including phenoxy) is 4. The molecule has 3 heterocycles. The predicted octanol–water partition coefficient (Wildman–Crippen LogP) is 4.22. The van der Waals surface area contributed by atoms with Crippen LogP contribution in [0.1, 0.15) is 53.2 Å². The first-order valence-corrected chi connectivity index (χ1v) is 13.2. The van der Waals surface area contributed by atoms with Gasteiger partial charge in [0.1, 0.15) is 17.6 Å². The Kier molecular flexibility index (Phi) is 10.0. The van der Waals surface area contributed by atoms with Crippen molar-refractivity contribution in [3.8, 4) is 6.07 Å². The van der Waals surface area contributed by atoms with E-state index in [0.717, 1.165) is 18.4 Å². The van der Waals surface area contributed by atoms with Crippen LogP contribution in [0.4, 0.5) is 16.3 Å². The summed E-state index contributed by atoms with van der Waals surface area (Å²) in [4.78, 5) is 36.7. The van der Waals surface area contributed by atoms with E-state index in [4.69, 9.17) is 23.9 Å². The van der Waals surface area contributed by atoms with Crippen LogP contribution in [0.2, 0.25) is 0 Å². The maximum atomic E-state index is 13.5. The van der Waals surface area contributed by atoms with Crippen molar-refractivity contribution < 1.29 is 28.5 Å². The molecule has 0 bridgehead atoms. The number of carbonyl (C=O) groups is 2. The van der Waals surface area contributed by atoms with Crippen LogP contribution in [0.3, 0.4) is 0 Å². The minimum Gasteiger partial charge on any atom is -0.449 e. The summed E-state index contributed by atoms with van der Waals surface area (Å²) in [5, 5.41) is 16.2. The highest BCUT2D eigenvalue weighted by Gasteiger charge is 2.25. The lowest BCUT2D eigenvalue weighted by atomic mass is 10.0. The molecule has 12 heteroatoms. The van der Waals surface area contributed by atoms with Gasteiger partial charge >= 0.3 is 6.09 Å². The van der Waals surface area contributed by atoms with Gasteiger partial charge in [-0.15, -0.1) is 0 Å². The number of amides is 2. The number of cyclic esters (lactones) is 1. The van der Waals surface area contributed by atoms with Crippen LogP contribution in [0, 0.1) is 11.3 Å². The maximum Gasteiger partial charge on any atom is 0.410 e. The van der Waals surface area contributed by atoms with Crippen LogP contribution >= 0.6 is 0 Å². The van der Waals surface area contributed by atoms with Gasteiger partial charge in [0.05, 0.1) is 42.1 Å². The monoisotopic (exact) mass is 562 g/mol. The van der Waals surface area contributed by atoms with Crippen molar-refractivity contribution in [2.75, 3.05) is 51.7 Å². The smallest absolute Gasteiger partial charge is 0.410 e. The number of hydrogen-bond donors (Lipinski definition) is 2. The Morgan fingerprint density at radius 2 is 2.02 bits per heavy atom. The maximum absolute atomic E-state index is 13.5. The molecule has 2 aromatic heterocycles. The van der Waals surface area contributed by atoms with Crippen molar-refractivity contribution in [1.29, 1.82) is 5.26 Å². The lowest BCUT2D eigenvalue weighted by molar-refractivity contribution is -0.109. The molecule has 0 saturated carbocycles. The Morgan fingerprint density at radius 1 is 1.22 bits per heavy atom. The summed E-state index contributed by atoms with van der Waals surface area (Å²) in [7, 11) is 4.59. The average Bonchev–Trinajstić information content (AvgIpc) is 3.17. The van der Waals surface area contributed by atoms with Gasteiger partial charge in [0.15, 0.2) is 0 Å². The third kappa shape index (κ3) is 7.07. The zero-order chi connectivity index (χ0) is 29.4. The van der Waals surface area contributed by atoms with Gasteiger partial charge in [-0.3, -0.25) is 4.79 Å². The van der Waals surface area contributed by atoms with Crippen LogP contribution in [0.15, 0.2) is 36.5 Å². The van der Waals surface area contributed by atoms with Crippen LogP contribution < -0.4 is 10.6 Å². The summed E-state index contributed by atoms with van der Waals surface area (Å²) in [6.07, 6.45) is 1.83. The summed E-state index contributed by atoms with van der Waals surface area (Å²) in [6.45, 7) is 3.56. The molecule has 41 heavy (non-hydrogen) atoms. The average molecular weight is 563 g/mol. The minimum absolute atomic E-state index is 0.0707. The molecule has 12 nitrogen and oxygen atoms in total. The number of rotatable bonds is 11. The van der Waals surface area contributed by atoms with Gasteiger partial charge in [-0.25, -0.2) is 14.8 Å². The summed E-state index contributed by atoms with van der Waals surface area (Å²) in [5.74, 6) is -0.168. The van der Waals surface area contributed by atoms with Crippen molar-refractivity contribution in [3.63, 3.8) is 0 Å². The molecule has 1 aliphatic heterocycles. The number of pyridine rings is 2. The van der Waals surface area contributed by atoms with Crippen molar-refractivity contribution in [2.24, 2.45) is 0 Å². The molecule has 1 aliphatic rings. The van der Waals surface area contributed by atoms with E-state index < -0.39 is 12.2 Å². The number of benzene rings is 1. The second-order valence-electron chi connectivity index (χ2n) is 9.64. The van der Waals surface area contributed by atoms with E-state index in [1.54, 1.807) is 30.2 Å². The van der Waals surface area contributed by atoms with Crippen LogP contribution in [-0.2, 0) is 25.5 Å². The fourth-order valence-corrected chi connectivity index (χ4v) is 4.66. The Labute approximate surface area is 238 Å². The van der Waals surface area contributed by atoms with Gasteiger partial charge in [-0.1, -0.05) is 12.1 Å². The van der Waals surface area contributed by atoms with E-state index in [1.165, 1.54) is 20.4 Å². The number of anilines is 2. The quantitative estimate of drug-likeness (QED) is 0.325. The summed E-state index contributed by atoms with van der Waals surface area (Å²) in [6, 6.07) is 10.8. The molecule has 0 spiro atoms. The number of carbonyl (C=O) groups excluding carboxylic acids is 2. The van der Waals surface area contributed by atoms with E-state index >= 15 is 0 Å². The minimum atomic E-state index is -0.823. The molecule has 0 aliphatic carbocycles. The Balaban J connectivity index is 1.68. The summed E-state index contributed by atoms with van der Waals surface area (Å²) < 4.78 is 21.5. The van der Waals surface area contributed by atoms with Crippen molar-refractivity contribution in [3.05, 3.63) is 58.9 Å². The third-order valence-corrected chi connectivity index (χ3v) is 6.61. The van der Waals surface area contributed by atoms with E-state index in [1.807, 2.05) is 19.1 Å². The molecule has 2 N–H and O–H groups in total. The topological polar surface area (TPSA) is 148 Å². The lowest BCUT2D eigenvalue weighted by Gasteiger charge is -2.23. The van der Waals surface area contributed by atoms with Gasteiger partial charge < -0.3 is 34.5 Å². The van der Waals surface area contributed by atoms with E-state index in [9.17, 15) is 14.9 Å². The van der Waals surface area contributed by atoms with Crippen molar-refractivity contribution in [1.82, 2.24) is 14.9 Å². The molecule has 1 fully saturated rings. The van der Waals surface area contributed by atoms with Crippen LogP contribution in [0.25, 0.3) is 10.9 Å². The highest BCUT2D eigenvalue weighted by atomic mass is 16.7. The summed E-state index contributed by atoms with van der Waals surface area (Å²) >= 11 is 0. The highest BCUT2D eigenvalue weighted by molar-refractivity contribution is 6.11. The number of para-hydroxylation sites is 1. The zero-order valence-corrected chi connectivity index (χ0v) is 23.6. The van der Waals surface area contributed by atoms with Crippen molar-refractivity contribution >= 4 is 34.4 Å². The number of methoxy groups -OCH3 is 3. The molecule has 216 valence electrons. The standard InChI is InChI=1S/C29H34N6O6/c1-18(17-38-2)32-23-13-24(31-15-21(23)14-30)33-27(36)22-9-7-8-19-12-20(16-35-10-5-6-11-41-29(35)37)26(34-25(19)22)28(39-3)40-4/h7-9,12-13,15,18,28H,5-6,10-11,16-17H2,1-4H3,(H2,31,32,33,36). The van der Waals surface area contributed by atoms with E-state index in [-0.39, 0.29) is 24.5 Å². The first-order chi connectivity index (χ1) is 19.9. The SMILES string of the molecule is COCC(C)Nc1cc(NC(=O)c2cccc3cc(CN4CCCCOC4=O)c(C(OC)OC)nc23)ncc1C#N. The van der Waals surface area contributed by atoms with Gasteiger partial charge in [0.25, 0.3) is 5.91 Å². The molecule has 1 atom stereocenters. The van der Waals surface area contributed by atoms with E-state index in [2.05, 4.69) is 21.7 Å². The number of nitriles is 1. The van der Waals surface area contributed by atoms with Gasteiger partial charge in [0.2, 0.25) is 6.29 Å². The molecular weight excluding hydrogens is 528 g/mol. The van der Waals surface area contributed by atoms with Gasteiger partial charge in [0, 0.05) is 51.6 Å². The number of fused-ring (bicyclic) bond motifs is 1. The fourth-order valence-electron chi connectivity index (χ4n) is 4.66. The zero-order valence-electron chi connectivity index (χ0n) is 23.6. The number of aromatic nitrogens is 2. The second-order valence-corrected chi connectivity index (χ2v) is 9.64. The van der Waals surface area contributed by atoms with E-state index in [0.29, 0.717) is 53.2 Å². The predicted molar refractivity (Wildman–Crippen MR) is 151 cm³/mol. The van der Waals surface area contributed by atoms with Crippen molar-refractivity contribution in [2.45, 2.75) is 38.6 Å². The molecule has 3 aromatic rings. The molecule has 0 radical (unpaired) electrons. The Bertz CT molecular complexity index is 1440. The molecule has 4 rings (SSSR count). The Hall–Kier alpha value is -4.31. The number of hydrogen-bond acceptors (Lipinski definition) is 10. The molecule has 1 saturated heterocycles. The number of nitrogens with one attached hydrogen (secondary N) is 2. The lowest BCUT2D eigenvalue weighted by Crippen LogP contribution is -2.31. The summed E-state index contributed by atoms with van der Waals surface area (Å²) in [5.41, 5.74) is 2.78. The third-order valence-electron chi connectivity index (χ3n) is 6.61. The van der Waals surface area contributed by atoms with Gasteiger partial charge in [-0.05, 0) is 37.5 Å². The number of nitrogens with zero attached hydrogens (tertiary/aromatic N) is 4. The molecule has 2 amide bonds. The normalized spacial score (nSPS) is 14.3. The molecule has 1 aromatic carbocycles. The first kappa shape index (κ1) is 29.7.